The van der Waals surface area contributed by atoms with Crippen LogP contribution in [0.15, 0.2) is 66.7 Å². The molecule has 0 atom stereocenters. The number of nitrogens with zero attached hydrogens (tertiary/aromatic N) is 2. The molecule has 0 saturated heterocycles. The summed E-state index contributed by atoms with van der Waals surface area (Å²) in [6, 6.07) is 23.0. The summed E-state index contributed by atoms with van der Waals surface area (Å²) in [4.78, 5) is 9.89. The molecule has 0 saturated carbocycles. The van der Waals surface area contributed by atoms with Gasteiger partial charge in [0, 0.05) is 5.56 Å². The summed E-state index contributed by atoms with van der Waals surface area (Å²) in [6.45, 7) is 4.34. The van der Waals surface area contributed by atoms with Crippen LogP contribution in [0, 0.1) is 0 Å². The topological polar surface area (TPSA) is 25.8 Å². The molecule has 1 heterocycles. The van der Waals surface area contributed by atoms with Gasteiger partial charge in [0.15, 0.2) is 0 Å². The second-order valence-electron chi connectivity index (χ2n) is 6.17. The molecule has 0 fully saturated rings. The van der Waals surface area contributed by atoms with Crippen LogP contribution < -0.4 is 0 Å². The van der Waals surface area contributed by atoms with Crippen LogP contribution in [-0.4, -0.2) is 9.97 Å². The fourth-order valence-corrected chi connectivity index (χ4v) is 2.97. The molecular formula is C21H18N2. The van der Waals surface area contributed by atoms with Gasteiger partial charge in [-0.15, -0.1) is 0 Å². The van der Waals surface area contributed by atoms with E-state index in [1.807, 2.05) is 18.2 Å². The van der Waals surface area contributed by atoms with Crippen LogP contribution in [0.3, 0.4) is 0 Å². The standard InChI is InChI=1S/C21H18N2/c1-14(2)20-21(15-8-4-3-5-9-15)23-19-13-17-11-7-6-10-16(17)12-18(19)22-20/h3-14H,1-2H3. The van der Waals surface area contributed by atoms with Crippen LogP contribution in [0.1, 0.15) is 25.5 Å². The summed E-state index contributed by atoms with van der Waals surface area (Å²) in [5.74, 6) is 0.327. The third kappa shape index (κ3) is 2.46. The molecule has 2 heteroatoms. The van der Waals surface area contributed by atoms with Crippen LogP contribution in [0.5, 0.6) is 0 Å². The molecule has 3 aromatic carbocycles. The third-order valence-electron chi connectivity index (χ3n) is 4.15. The van der Waals surface area contributed by atoms with Crippen LogP contribution in [0.4, 0.5) is 0 Å². The maximum absolute atomic E-state index is 4.95. The van der Waals surface area contributed by atoms with Gasteiger partial charge in [-0.05, 0) is 28.8 Å². The quantitative estimate of drug-likeness (QED) is 0.452. The zero-order valence-electron chi connectivity index (χ0n) is 13.3. The van der Waals surface area contributed by atoms with E-state index in [4.69, 9.17) is 9.97 Å². The smallest absolute Gasteiger partial charge is 0.0927 e. The van der Waals surface area contributed by atoms with Gasteiger partial charge in [0.1, 0.15) is 0 Å². The molecule has 23 heavy (non-hydrogen) atoms. The van der Waals surface area contributed by atoms with Crippen LogP contribution in [0.25, 0.3) is 33.1 Å². The predicted molar refractivity (Wildman–Crippen MR) is 96.6 cm³/mol. The molecule has 4 rings (SSSR count). The zero-order chi connectivity index (χ0) is 15.8. The van der Waals surface area contributed by atoms with Crippen molar-refractivity contribution in [3.05, 3.63) is 72.4 Å². The van der Waals surface area contributed by atoms with E-state index in [0.29, 0.717) is 5.92 Å². The second kappa shape index (κ2) is 5.47. The van der Waals surface area contributed by atoms with Gasteiger partial charge < -0.3 is 0 Å². The van der Waals surface area contributed by atoms with Gasteiger partial charge >= 0.3 is 0 Å². The number of fused-ring (bicyclic) bond motifs is 2. The summed E-state index contributed by atoms with van der Waals surface area (Å²) in [7, 11) is 0. The molecule has 0 spiro atoms. The lowest BCUT2D eigenvalue weighted by Crippen LogP contribution is -2.01. The Hall–Kier alpha value is -2.74. The van der Waals surface area contributed by atoms with E-state index in [9.17, 15) is 0 Å². The molecule has 4 aromatic rings. The van der Waals surface area contributed by atoms with E-state index in [2.05, 4.69) is 62.4 Å². The highest BCUT2D eigenvalue weighted by molar-refractivity contribution is 5.95. The van der Waals surface area contributed by atoms with Gasteiger partial charge in [0.05, 0.1) is 22.4 Å². The molecule has 0 N–H and O–H groups in total. The maximum Gasteiger partial charge on any atom is 0.0927 e. The minimum Gasteiger partial charge on any atom is -0.249 e. The van der Waals surface area contributed by atoms with E-state index in [-0.39, 0.29) is 0 Å². The summed E-state index contributed by atoms with van der Waals surface area (Å²) in [6.07, 6.45) is 0. The summed E-state index contributed by atoms with van der Waals surface area (Å²) < 4.78 is 0. The van der Waals surface area contributed by atoms with Crippen molar-refractivity contribution in [2.24, 2.45) is 0 Å². The van der Waals surface area contributed by atoms with Crippen molar-refractivity contribution in [3.8, 4) is 11.3 Å². The van der Waals surface area contributed by atoms with E-state index >= 15 is 0 Å². The molecule has 0 unspecified atom stereocenters. The van der Waals surface area contributed by atoms with Gasteiger partial charge in [0.25, 0.3) is 0 Å². The van der Waals surface area contributed by atoms with Gasteiger partial charge in [-0.3, -0.25) is 0 Å². The highest BCUT2D eigenvalue weighted by Gasteiger charge is 2.14. The molecule has 0 aliphatic heterocycles. The predicted octanol–water partition coefficient (Wildman–Crippen LogP) is 5.57. The second-order valence-corrected chi connectivity index (χ2v) is 6.17. The highest BCUT2D eigenvalue weighted by atomic mass is 14.8. The fraction of sp³-hybridized carbons (Fsp3) is 0.143. The highest BCUT2D eigenvalue weighted by Crippen LogP contribution is 2.29. The molecule has 0 aliphatic carbocycles. The molecule has 112 valence electrons. The number of aromatic nitrogens is 2. The molecule has 0 bridgehead atoms. The maximum atomic E-state index is 4.95. The number of hydrogen-bond donors (Lipinski definition) is 0. The first-order valence-corrected chi connectivity index (χ1v) is 7.98. The van der Waals surface area contributed by atoms with Crippen molar-refractivity contribution in [1.29, 1.82) is 0 Å². The molecule has 0 aliphatic rings. The summed E-state index contributed by atoms with van der Waals surface area (Å²) in [5.41, 5.74) is 5.08. The Morgan fingerprint density at radius 3 is 1.87 bits per heavy atom. The molecular weight excluding hydrogens is 280 g/mol. The van der Waals surface area contributed by atoms with E-state index < -0.39 is 0 Å². The normalized spacial score (nSPS) is 11.4. The third-order valence-corrected chi connectivity index (χ3v) is 4.15. The van der Waals surface area contributed by atoms with Gasteiger partial charge in [-0.25, -0.2) is 9.97 Å². The van der Waals surface area contributed by atoms with Gasteiger partial charge in [-0.2, -0.15) is 0 Å². The van der Waals surface area contributed by atoms with E-state index in [1.165, 1.54) is 10.8 Å². The molecule has 0 radical (unpaired) electrons. The minimum atomic E-state index is 0.327. The Bertz CT molecular complexity index is 988. The first-order valence-electron chi connectivity index (χ1n) is 7.98. The first-order chi connectivity index (χ1) is 11.2. The summed E-state index contributed by atoms with van der Waals surface area (Å²) in [5, 5.41) is 2.40. The first kappa shape index (κ1) is 13.9. The fourth-order valence-electron chi connectivity index (χ4n) is 2.97. The summed E-state index contributed by atoms with van der Waals surface area (Å²) >= 11 is 0. The minimum absolute atomic E-state index is 0.327. The van der Waals surface area contributed by atoms with Crippen LogP contribution in [-0.2, 0) is 0 Å². The lowest BCUT2D eigenvalue weighted by Gasteiger charge is -2.13. The van der Waals surface area contributed by atoms with Gasteiger partial charge in [0.2, 0.25) is 0 Å². The SMILES string of the molecule is CC(C)c1nc2cc3ccccc3cc2nc1-c1ccccc1. The average Bonchev–Trinajstić information content (AvgIpc) is 2.59. The lowest BCUT2D eigenvalue weighted by atomic mass is 10.0. The molecule has 2 nitrogen and oxygen atoms in total. The Labute approximate surface area is 135 Å². The Morgan fingerprint density at radius 2 is 1.26 bits per heavy atom. The number of rotatable bonds is 2. The van der Waals surface area contributed by atoms with Crippen molar-refractivity contribution < 1.29 is 0 Å². The van der Waals surface area contributed by atoms with Crippen LogP contribution in [0.2, 0.25) is 0 Å². The Balaban J connectivity index is 2.05. The van der Waals surface area contributed by atoms with Crippen molar-refractivity contribution in [2.75, 3.05) is 0 Å². The number of hydrogen-bond acceptors (Lipinski definition) is 2. The number of benzene rings is 3. The van der Waals surface area contributed by atoms with Crippen molar-refractivity contribution in [2.45, 2.75) is 19.8 Å². The van der Waals surface area contributed by atoms with Crippen molar-refractivity contribution in [3.63, 3.8) is 0 Å². The lowest BCUT2D eigenvalue weighted by molar-refractivity contribution is 0.826. The molecule has 1 aromatic heterocycles. The van der Waals surface area contributed by atoms with E-state index in [0.717, 1.165) is 28.0 Å². The largest absolute Gasteiger partial charge is 0.249 e. The van der Waals surface area contributed by atoms with Crippen molar-refractivity contribution >= 4 is 21.8 Å². The van der Waals surface area contributed by atoms with E-state index in [1.54, 1.807) is 0 Å². The van der Waals surface area contributed by atoms with Crippen molar-refractivity contribution in [1.82, 2.24) is 9.97 Å². The van der Waals surface area contributed by atoms with Crippen LogP contribution >= 0.6 is 0 Å². The zero-order valence-corrected chi connectivity index (χ0v) is 13.3. The average molecular weight is 298 g/mol. The molecule has 0 amide bonds. The Morgan fingerprint density at radius 1 is 0.696 bits per heavy atom. The monoisotopic (exact) mass is 298 g/mol. The van der Waals surface area contributed by atoms with Gasteiger partial charge in [-0.1, -0.05) is 68.4 Å². The Kier molecular flexibility index (Phi) is 3.30.